The van der Waals surface area contributed by atoms with Gasteiger partial charge >= 0.3 is 0 Å². The van der Waals surface area contributed by atoms with Crippen LogP contribution in [0.5, 0.6) is 0 Å². The lowest BCUT2D eigenvalue weighted by Gasteiger charge is -2.16. The van der Waals surface area contributed by atoms with Crippen LogP contribution in [0.25, 0.3) is 10.9 Å². The van der Waals surface area contributed by atoms with E-state index in [-0.39, 0.29) is 6.54 Å². The summed E-state index contributed by atoms with van der Waals surface area (Å²) in [5, 5.41) is 26.8. The van der Waals surface area contributed by atoms with Gasteiger partial charge < -0.3 is 15.9 Å². The Bertz CT molecular complexity index is 455. The van der Waals surface area contributed by atoms with E-state index in [2.05, 4.69) is 10.2 Å². The van der Waals surface area contributed by atoms with Crippen LogP contribution in [0.2, 0.25) is 0 Å². The number of H-pyrrole nitrogens is 1. The minimum atomic E-state index is -0.976. The summed E-state index contributed by atoms with van der Waals surface area (Å²) in [4.78, 5) is 0. The number of nitrogens with two attached hydrogens (primary N) is 1. The molecule has 0 radical (unpaired) electrons. The van der Waals surface area contributed by atoms with Gasteiger partial charge in [0.2, 0.25) is 0 Å². The van der Waals surface area contributed by atoms with Gasteiger partial charge in [0.25, 0.3) is 0 Å². The fourth-order valence-electron chi connectivity index (χ4n) is 1.59. The number of nitrogens with zero attached hydrogens (tertiary/aromatic N) is 1. The molecule has 0 bridgehead atoms. The fourth-order valence-corrected chi connectivity index (χ4v) is 1.59. The molecular weight excluding hydrogens is 194 g/mol. The van der Waals surface area contributed by atoms with Crippen molar-refractivity contribution in [2.75, 3.05) is 6.54 Å². The van der Waals surface area contributed by atoms with E-state index < -0.39 is 12.2 Å². The number of hydrogen-bond donors (Lipinski definition) is 4. The van der Waals surface area contributed by atoms with Crippen LogP contribution in [0, 0.1) is 0 Å². The third-order valence-corrected chi connectivity index (χ3v) is 2.44. The minimum absolute atomic E-state index is 0.0232. The van der Waals surface area contributed by atoms with Crippen LogP contribution in [0.15, 0.2) is 24.4 Å². The molecule has 5 nitrogen and oxygen atoms in total. The highest BCUT2D eigenvalue weighted by atomic mass is 16.3. The Hall–Kier alpha value is -1.43. The summed E-state index contributed by atoms with van der Waals surface area (Å²) in [6.07, 6.45) is -0.307. The van der Waals surface area contributed by atoms with Gasteiger partial charge in [0.15, 0.2) is 0 Å². The van der Waals surface area contributed by atoms with E-state index >= 15 is 0 Å². The van der Waals surface area contributed by atoms with Crippen LogP contribution in [-0.2, 0) is 0 Å². The van der Waals surface area contributed by atoms with Gasteiger partial charge in [-0.1, -0.05) is 12.1 Å². The number of aliphatic hydroxyl groups is 2. The number of nitrogens with one attached hydrogen (secondary N) is 1. The molecule has 1 heterocycles. The van der Waals surface area contributed by atoms with Crippen molar-refractivity contribution in [3.05, 3.63) is 30.0 Å². The third-order valence-electron chi connectivity index (χ3n) is 2.44. The summed E-state index contributed by atoms with van der Waals surface area (Å²) in [5.41, 5.74) is 6.76. The van der Waals surface area contributed by atoms with Gasteiger partial charge in [0.05, 0.1) is 17.8 Å². The van der Waals surface area contributed by atoms with Gasteiger partial charge in [-0.15, -0.1) is 0 Å². The molecule has 1 aromatic carbocycles. The number of benzene rings is 1. The normalized spacial score (nSPS) is 15.4. The molecule has 15 heavy (non-hydrogen) atoms. The van der Waals surface area contributed by atoms with Crippen molar-refractivity contribution in [3.63, 3.8) is 0 Å². The molecule has 80 valence electrons. The molecule has 0 aliphatic carbocycles. The first-order chi connectivity index (χ1) is 7.24. The van der Waals surface area contributed by atoms with Crippen LogP contribution in [0.3, 0.4) is 0 Å². The van der Waals surface area contributed by atoms with Crippen LogP contribution < -0.4 is 5.73 Å². The molecule has 5 heteroatoms. The van der Waals surface area contributed by atoms with Crippen molar-refractivity contribution in [2.45, 2.75) is 12.2 Å². The molecule has 0 saturated carbocycles. The summed E-state index contributed by atoms with van der Waals surface area (Å²) in [6, 6.07) is 5.40. The zero-order valence-electron chi connectivity index (χ0n) is 8.09. The van der Waals surface area contributed by atoms with Crippen LogP contribution in [0.4, 0.5) is 0 Å². The second-order valence-electron chi connectivity index (χ2n) is 3.43. The first-order valence-corrected chi connectivity index (χ1v) is 4.72. The molecule has 0 fully saturated rings. The zero-order valence-corrected chi connectivity index (χ0v) is 8.09. The highest BCUT2D eigenvalue weighted by molar-refractivity contribution is 5.81. The molecule has 5 N–H and O–H groups in total. The van der Waals surface area contributed by atoms with Crippen molar-refractivity contribution in [1.82, 2.24) is 10.2 Å². The second kappa shape index (κ2) is 3.98. The van der Waals surface area contributed by atoms with Gasteiger partial charge in [-0.05, 0) is 11.6 Å². The van der Waals surface area contributed by atoms with Crippen LogP contribution >= 0.6 is 0 Å². The Kier molecular flexibility index (Phi) is 2.68. The summed E-state index contributed by atoms with van der Waals surface area (Å²) >= 11 is 0. The molecule has 1 aromatic heterocycles. The van der Waals surface area contributed by atoms with E-state index in [4.69, 9.17) is 5.73 Å². The summed E-state index contributed by atoms with van der Waals surface area (Å²) in [7, 11) is 0. The summed E-state index contributed by atoms with van der Waals surface area (Å²) in [5.74, 6) is 0. The lowest BCUT2D eigenvalue weighted by Crippen LogP contribution is -2.27. The lowest BCUT2D eigenvalue weighted by atomic mass is 10.0. The minimum Gasteiger partial charge on any atom is -0.389 e. The maximum atomic E-state index is 9.83. The lowest BCUT2D eigenvalue weighted by molar-refractivity contribution is 0.0252. The average molecular weight is 207 g/mol. The van der Waals surface area contributed by atoms with Crippen LogP contribution in [0.1, 0.15) is 11.7 Å². The Morgan fingerprint density at radius 2 is 2.20 bits per heavy atom. The van der Waals surface area contributed by atoms with Gasteiger partial charge in [-0.2, -0.15) is 5.10 Å². The second-order valence-corrected chi connectivity index (χ2v) is 3.43. The molecule has 0 amide bonds. The van der Waals surface area contributed by atoms with E-state index in [1.54, 1.807) is 18.3 Å². The first kappa shape index (κ1) is 10.1. The molecule has 0 saturated heterocycles. The van der Waals surface area contributed by atoms with Gasteiger partial charge in [-0.3, -0.25) is 5.10 Å². The topological polar surface area (TPSA) is 95.2 Å². The third kappa shape index (κ3) is 1.72. The number of rotatable bonds is 3. The molecule has 2 aromatic rings. The van der Waals surface area contributed by atoms with Gasteiger partial charge in [0.1, 0.15) is 6.10 Å². The molecule has 2 atom stereocenters. The van der Waals surface area contributed by atoms with E-state index in [1.807, 2.05) is 6.07 Å². The molecule has 0 spiro atoms. The van der Waals surface area contributed by atoms with Crippen molar-refractivity contribution >= 4 is 10.9 Å². The molecular formula is C10H13N3O2. The predicted octanol–water partition coefficient (Wildman–Crippen LogP) is -0.0841. The molecule has 0 aliphatic rings. The first-order valence-electron chi connectivity index (χ1n) is 4.72. The smallest absolute Gasteiger partial charge is 0.107 e. The van der Waals surface area contributed by atoms with Crippen molar-refractivity contribution < 1.29 is 10.2 Å². The number of aliphatic hydroxyl groups excluding tert-OH is 2. The Balaban J connectivity index is 2.46. The number of hydrogen-bond acceptors (Lipinski definition) is 4. The maximum absolute atomic E-state index is 9.83. The fraction of sp³-hybridized carbons (Fsp3) is 0.300. The number of fused-ring (bicyclic) bond motifs is 1. The highest BCUT2D eigenvalue weighted by Gasteiger charge is 2.19. The average Bonchev–Trinajstić information content (AvgIpc) is 2.74. The van der Waals surface area contributed by atoms with Crippen molar-refractivity contribution in [2.24, 2.45) is 5.73 Å². The molecule has 2 rings (SSSR count). The van der Waals surface area contributed by atoms with Gasteiger partial charge in [-0.25, -0.2) is 0 Å². The van der Waals surface area contributed by atoms with E-state index in [1.165, 1.54) is 0 Å². The quantitative estimate of drug-likeness (QED) is 0.566. The SMILES string of the molecule is NCC(O)C(O)c1cccc2[nH]ncc12. The monoisotopic (exact) mass is 207 g/mol. The van der Waals surface area contributed by atoms with Crippen molar-refractivity contribution in [1.29, 1.82) is 0 Å². The molecule has 0 aliphatic heterocycles. The summed E-state index contributed by atoms with van der Waals surface area (Å²) < 4.78 is 0. The molecule has 2 unspecified atom stereocenters. The Labute approximate surface area is 86.5 Å². The maximum Gasteiger partial charge on any atom is 0.107 e. The Morgan fingerprint density at radius 3 is 2.93 bits per heavy atom. The van der Waals surface area contributed by atoms with E-state index in [9.17, 15) is 10.2 Å². The predicted molar refractivity (Wildman–Crippen MR) is 56.1 cm³/mol. The number of aromatic amines is 1. The number of aromatic nitrogens is 2. The highest BCUT2D eigenvalue weighted by Crippen LogP contribution is 2.24. The van der Waals surface area contributed by atoms with Crippen molar-refractivity contribution in [3.8, 4) is 0 Å². The Morgan fingerprint density at radius 1 is 1.40 bits per heavy atom. The standard InChI is InChI=1S/C10H13N3O2/c11-4-9(14)10(15)6-2-1-3-8-7(6)5-12-13-8/h1-3,5,9-10,14-15H,4,11H2,(H,12,13). The largest absolute Gasteiger partial charge is 0.389 e. The van der Waals surface area contributed by atoms with E-state index in [0.29, 0.717) is 5.56 Å². The van der Waals surface area contributed by atoms with Gasteiger partial charge in [0, 0.05) is 11.9 Å². The van der Waals surface area contributed by atoms with Crippen LogP contribution in [-0.4, -0.2) is 33.1 Å². The van der Waals surface area contributed by atoms with E-state index in [0.717, 1.165) is 10.9 Å². The zero-order chi connectivity index (χ0) is 10.8. The summed E-state index contributed by atoms with van der Waals surface area (Å²) in [6.45, 7) is 0.0232.